The number of nitrogens with zero attached hydrogens (tertiary/aromatic N) is 3. The number of para-hydroxylation sites is 2. The molecular weight excluding hydrogens is 378 g/mol. The number of anilines is 1. The summed E-state index contributed by atoms with van der Waals surface area (Å²) in [6, 6.07) is 22.4. The second-order valence-corrected chi connectivity index (χ2v) is 6.92. The second-order valence-electron chi connectivity index (χ2n) is 6.92. The molecule has 0 spiro atoms. The van der Waals surface area contributed by atoms with Crippen LogP contribution >= 0.6 is 0 Å². The molecule has 3 aromatic carbocycles. The molecule has 5 rings (SSSR count). The monoisotopic (exact) mass is 395 g/mol. The Labute approximate surface area is 171 Å². The smallest absolute Gasteiger partial charge is 0.257 e. The van der Waals surface area contributed by atoms with Crippen molar-refractivity contribution in [2.24, 2.45) is 0 Å². The van der Waals surface area contributed by atoms with E-state index in [-0.39, 0.29) is 5.91 Å². The number of hydrogen-bond donors (Lipinski definition) is 2. The zero-order chi connectivity index (χ0) is 20.5. The third-order valence-corrected chi connectivity index (χ3v) is 4.71. The minimum atomic E-state index is -0.258. The summed E-state index contributed by atoms with van der Waals surface area (Å²) in [5, 5.41) is 11.0. The van der Waals surface area contributed by atoms with Gasteiger partial charge < -0.3 is 9.40 Å². The quantitative estimate of drug-likeness (QED) is 0.454. The van der Waals surface area contributed by atoms with Crippen LogP contribution in [0.15, 0.2) is 77.2 Å². The van der Waals surface area contributed by atoms with E-state index in [1.807, 2.05) is 55.5 Å². The van der Waals surface area contributed by atoms with Gasteiger partial charge in [0, 0.05) is 16.7 Å². The SMILES string of the molecule is Cc1cccc(-c2nnc(-c3ccc(C(=O)Nc4nc5ccccc5[nH]4)cc3)o2)c1. The van der Waals surface area contributed by atoms with Gasteiger partial charge in [0.25, 0.3) is 5.91 Å². The summed E-state index contributed by atoms with van der Waals surface area (Å²) in [5.74, 6) is 1.01. The highest BCUT2D eigenvalue weighted by molar-refractivity contribution is 6.04. The predicted molar refractivity (Wildman–Crippen MR) is 114 cm³/mol. The maximum Gasteiger partial charge on any atom is 0.257 e. The summed E-state index contributed by atoms with van der Waals surface area (Å²) in [6.45, 7) is 2.01. The molecule has 0 radical (unpaired) electrons. The normalized spacial score (nSPS) is 11.0. The number of nitrogens with one attached hydrogen (secondary N) is 2. The van der Waals surface area contributed by atoms with Crippen LogP contribution in [0.3, 0.4) is 0 Å². The van der Waals surface area contributed by atoms with Crippen LogP contribution in [-0.2, 0) is 0 Å². The first-order valence-electron chi connectivity index (χ1n) is 9.43. The lowest BCUT2D eigenvalue weighted by Crippen LogP contribution is -2.12. The van der Waals surface area contributed by atoms with Crippen molar-refractivity contribution in [3.8, 4) is 22.9 Å². The van der Waals surface area contributed by atoms with Gasteiger partial charge in [-0.15, -0.1) is 10.2 Å². The number of aromatic amines is 1. The van der Waals surface area contributed by atoms with Crippen LogP contribution in [-0.4, -0.2) is 26.1 Å². The van der Waals surface area contributed by atoms with Crippen molar-refractivity contribution < 1.29 is 9.21 Å². The fourth-order valence-corrected chi connectivity index (χ4v) is 3.19. The molecule has 0 atom stereocenters. The number of rotatable bonds is 4. The molecule has 7 nitrogen and oxygen atoms in total. The molecule has 0 saturated heterocycles. The molecule has 0 saturated carbocycles. The molecule has 0 bridgehead atoms. The van der Waals surface area contributed by atoms with E-state index in [0.29, 0.717) is 23.3 Å². The highest BCUT2D eigenvalue weighted by Gasteiger charge is 2.13. The zero-order valence-electron chi connectivity index (χ0n) is 16.1. The molecule has 0 aliphatic heterocycles. The number of carbonyl (C=O) groups is 1. The fraction of sp³-hybridized carbons (Fsp3) is 0.0435. The molecule has 5 aromatic rings. The molecule has 30 heavy (non-hydrogen) atoms. The van der Waals surface area contributed by atoms with Crippen molar-refractivity contribution in [2.75, 3.05) is 5.32 Å². The van der Waals surface area contributed by atoms with Gasteiger partial charge >= 0.3 is 0 Å². The van der Waals surface area contributed by atoms with Crippen molar-refractivity contribution in [3.63, 3.8) is 0 Å². The lowest BCUT2D eigenvalue weighted by molar-refractivity contribution is 0.102. The molecule has 2 aromatic heterocycles. The molecule has 0 unspecified atom stereocenters. The molecule has 1 amide bonds. The van der Waals surface area contributed by atoms with Gasteiger partial charge in [-0.3, -0.25) is 10.1 Å². The summed E-state index contributed by atoms with van der Waals surface area (Å²) in [7, 11) is 0. The first kappa shape index (κ1) is 17.8. The van der Waals surface area contributed by atoms with Gasteiger partial charge in [0.2, 0.25) is 17.7 Å². The number of H-pyrrole nitrogens is 1. The molecule has 146 valence electrons. The van der Waals surface area contributed by atoms with Crippen LogP contribution < -0.4 is 5.32 Å². The number of aromatic nitrogens is 4. The third-order valence-electron chi connectivity index (χ3n) is 4.71. The predicted octanol–water partition coefficient (Wildman–Crippen LogP) is 4.84. The molecule has 0 aliphatic rings. The van der Waals surface area contributed by atoms with Gasteiger partial charge in [-0.25, -0.2) is 4.98 Å². The Kier molecular flexibility index (Phi) is 4.33. The molecule has 7 heteroatoms. The van der Waals surface area contributed by atoms with E-state index in [0.717, 1.165) is 27.7 Å². The lowest BCUT2D eigenvalue weighted by atomic mass is 10.1. The summed E-state index contributed by atoms with van der Waals surface area (Å²) in [6.07, 6.45) is 0. The highest BCUT2D eigenvalue weighted by atomic mass is 16.4. The lowest BCUT2D eigenvalue weighted by Gasteiger charge is -2.02. The molecule has 0 aliphatic carbocycles. The average molecular weight is 395 g/mol. The minimum Gasteiger partial charge on any atom is -0.416 e. The first-order valence-corrected chi connectivity index (χ1v) is 9.43. The number of carbonyl (C=O) groups excluding carboxylic acids is 1. The highest BCUT2D eigenvalue weighted by Crippen LogP contribution is 2.25. The Morgan fingerprint density at radius 2 is 1.67 bits per heavy atom. The number of hydrogen-bond acceptors (Lipinski definition) is 5. The number of aryl methyl sites for hydroxylation is 1. The van der Waals surface area contributed by atoms with E-state index in [9.17, 15) is 4.79 Å². The Balaban J connectivity index is 1.33. The number of imidazole rings is 1. The minimum absolute atomic E-state index is 0.258. The molecular formula is C23H17N5O2. The van der Waals surface area contributed by atoms with Crippen LogP contribution in [0.25, 0.3) is 33.9 Å². The first-order chi connectivity index (χ1) is 14.7. The van der Waals surface area contributed by atoms with Gasteiger partial charge in [-0.1, -0.05) is 29.8 Å². The zero-order valence-corrected chi connectivity index (χ0v) is 16.1. The van der Waals surface area contributed by atoms with Crippen LogP contribution in [0, 0.1) is 6.92 Å². The molecule has 2 N–H and O–H groups in total. The Morgan fingerprint density at radius 3 is 2.43 bits per heavy atom. The summed E-state index contributed by atoms with van der Waals surface area (Å²) < 4.78 is 5.80. The topological polar surface area (TPSA) is 96.7 Å². The number of benzene rings is 3. The summed E-state index contributed by atoms with van der Waals surface area (Å²) >= 11 is 0. The van der Waals surface area contributed by atoms with E-state index < -0.39 is 0 Å². The third kappa shape index (κ3) is 3.44. The van der Waals surface area contributed by atoms with Crippen LogP contribution in [0.1, 0.15) is 15.9 Å². The van der Waals surface area contributed by atoms with Crippen molar-refractivity contribution in [1.29, 1.82) is 0 Å². The van der Waals surface area contributed by atoms with Crippen molar-refractivity contribution in [1.82, 2.24) is 20.2 Å². The van der Waals surface area contributed by atoms with Gasteiger partial charge in [0.15, 0.2) is 0 Å². The van der Waals surface area contributed by atoms with E-state index in [1.165, 1.54) is 0 Å². The number of fused-ring (bicyclic) bond motifs is 1. The summed E-state index contributed by atoms with van der Waals surface area (Å²) in [5.41, 5.74) is 4.88. The van der Waals surface area contributed by atoms with Gasteiger partial charge in [-0.05, 0) is 55.5 Å². The number of amides is 1. The van der Waals surface area contributed by atoms with Gasteiger partial charge in [0.05, 0.1) is 11.0 Å². The maximum absolute atomic E-state index is 12.5. The van der Waals surface area contributed by atoms with Crippen molar-refractivity contribution in [3.05, 3.63) is 83.9 Å². The Morgan fingerprint density at radius 1 is 0.900 bits per heavy atom. The van der Waals surface area contributed by atoms with Crippen molar-refractivity contribution in [2.45, 2.75) is 6.92 Å². The Hall–Kier alpha value is -4.26. The van der Waals surface area contributed by atoms with E-state index in [1.54, 1.807) is 24.3 Å². The van der Waals surface area contributed by atoms with Gasteiger partial charge in [-0.2, -0.15) is 0 Å². The maximum atomic E-state index is 12.5. The molecule has 0 fully saturated rings. The van der Waals surface area contributed by atoms with Crippen LogP contribution in [0.5, 0.6) is 0 Å². The average Bonchev–Trinajstić information content (AvgIpc) is 3.41. The molecule has 2 heterocycles. The Bertz CT molecular complexity index is 1320. The van der Waals surface area contributed by atoms with Crippen LogP contribution in [0.2, 0.25) is 0 Å². The summed E-state index contributed by atoms with van der Waals surface area (Å²) in [4.78, 5) is 20.0. The van der Waals surface area contributed by atoms with Crippen LogP contribution in [0.4, 0.5) is 5.95 Å². The van der Waals surface area contributed by atoms with E-state index in [4.69, 9.17) is 4.42 Å². The standard InChI is InChI=1S/C23H17N5O2/c1-14-5-4-6-17(13-14)22-28-27-21(30-22)16-11-9-15(10-12-16)20(29)26-23-24-18-7-2-3-8-19(18)25-23/h2-13H,1H3,(H2,24,25,26,29). The fourth-order valence-electron chi connectivity index (χ4n) is 3.19. The van der Waals surface area contributed by atoms with E-state index >= 15 is 0 Å². The van der Waals surface area contributed by atoms with Crippen molar-refractivity contribution >= 4 is 22.9 Å². The second kappa shape index (κ2) is 7.29. The van der Waals surface area contributed by atoms with E-state index in [2.05, 4.69) is 25.5 Å². The largest absolute Gasteiger partial charge is 0.416 e. The van der Waals surface area contributed by atoms with Gasteiger partial charge in [0.1, 0.15) is 0 Å².